The first-order valence-electron chi connectivity index (χ1n) is 7.08. The van der Waals surface area contributed by atoms with Crippen LogP contribution in [-0.2, 0) is 14.3 Å². The van der Waals surface area contributed by atoms with E-state index in [0.29, 0.717) is 12.8 Å². The van der Waals surface area contributed by atoms with Crippen molar-refractivity contribution in [3.63, 3.8) is 0 Å². The summed E-state index contributed by atoms with van der Waals surface area (Å²) in [5, 5.41) is 11.9. The molecule has 0 fully saturated rings. The molecule has 122 valence electrons. The van der Waals surface area contributed by atoms with Crippen molar-refractivity contribution in [1.29, 1.82) is 0 Å². The Labute approximate surface area is 125 Å². The summed E-state index contributed by atoms with van der Waals surface area (Å²) < 4.78 is 4.55. The number of carbonyl (C=O) groups is 3. The number of aliphatic carboxylic acids is 1. The van der Waals surface area contributed by atoms with E-state index < -0.39 is 23.4 Å². The molecule has 0 aliphatic rings. The summed E-state index contributed by atoms with van der Waals surface area (Å²) in [5.74, 6) is -1.45. The lowest BCUT2D eigenvalue weighted by molar-refractivity contribution is -0.149. The Morgan fingerprint density at radius 1 is 1.24 bits per heavy atom. The number of ether oxygens (including phenoxy) is 1. The molecular weight excluding hydrogens is 276 g/mol. The number of carbonyl (C=O) groups excluding carboxylic acids is 2. The molecule has 0 radical (unpaired) electrons. The van der Waals surface area contributed by atoms with Gasteiger partial charge in [0, 0.05) is 12.6 Å². The van der Waals surface area contributed by atoms with E-state index in [1.54, 1.807) is 27.7 Å². The Bertz CT molecular complexity index is 378. The maximum Gasteiger partial charge on any atom is 0.325 e. The Balaban J connectivity index is 4.84. The maximum absolute atomic E-state index is 12.2. The van der Waals surface area contributed by atoms with E-state index in [1.165, 1.54) is 12.0 Å². The molecule has 0 saturated heterocycles. The van der Waals surface area contributed by atoms with E-state index in [9.17, 15) is 19.5 Å². The fourth-order valence-corrected chi connectivity index (χ4v) is 1.92. The lowest BCUT2D eigenvalue weighted by Gasteiger charge is -2.30. The average molecular weight is 302 g/mol. The van der Waals surface area contributed by atoms with Crippen molar-refractivity contribution < 1.29 is 24.2 Å². The lowest BCUT2D eigenvalue weighted by Crippen LogP contribution is -2.50. The van der Waals surface area contributed by atoms with Gasteiger partial charge in [-0.2, -0.15) is 0 Å². The van der Waals surface area contributed by atoms with Crippen LogP contribution in [0.2, 0.25) is 0 Å². The van der Waals surface area contributed by atoms with Gasteiger partial charge in [-0.05, 0) is 26.7 Å². The van der Waals surface area contributed by atoms with Crippen LogP contribution in [0.25, 0.3) is 0 Å². The number of hydrogen-bond donors (Lipinski definition) is 2. The highest BCUT2D eigenvalue weighted by Gasteiger charge is 2.35. The smallest absolute Gasteiger partial charge is 0.325 e. The van der Waals surface area contributed by atoms with Crippen LogP contribution >= 0.6 is 0 Å². The Morgan fingerprint density at radius 2 is 1.76 bits per heavy atom. The van der Waals surface area contributed by atoms with Crippen LogP contribution in [0.1, 0.15) is 40.5 Å². The standard InChI is InChI=1S/C14H26N2O5/c1-6-14(7-2,12(18)19)9-15-13(20)16(10(3)4)8-11(17)21-5/h10H,6-9H2,1-5H3,(H,15,20)(H,18,19). The van der Waals surface area contributed by atoms with E-state index in [1.807, 2.05) is 0 Å². The molecule has 0 atom stereocenters. The third kappa shape index (κ3) is 5.24. The highest BCUT2D eigenvalue weighted by atomic mass is 16.5. The van der Waals surface area contributed by atoms with Gasteiger partial charge in [-0.3, -0.25) is 9.59 Å². The molecule has 0 aromatic rings. The number of carboxylic acid groups (broad SMARTS) is 1. The van der Waals surface area contributed by atoms with Crippen molar-refractivity contribution in [2.24, 2.45) is 5.41 Å². The molecule has 0 saturated carbocycles. The fourth-order valence-electron chi connectivity index (χ4n) is 1.92. The normalized spacial score (nSPS) is 11.1. The van der Waals surface area contributed by atoms with Crippen molar-refractivity contribution in [3.05, 3.63) is 0 Å². The summed E-state index contributed by atoms with van der Waals surface area (Å²) in [6.45, 7) is 6.95. The molecule has 7 heteroatoms. The number of hydrogen-bond acceptors (Lipinski definition) is 4. The fraction of sp³-hybridized carbons (Fsp3) is 0.786. The molecule has 0 rings (SSSR count). The molecule has 21 heavy (non-hydrogen) atoms. The minimum Gasteiger partial charge on any atom is -0.481 e. The summed E-state index contributed by atoms with van der Waals surface area (Å²) in [5.41, 5.74) is -0.983. The van der Waals surface area contributed by atoms with Crippen molar-refractivity contribution in [2.45, 2.75) is 46.6 Å². The Hall–Kier alpha value is -1.79. The van der Waals surface area contributed by atoms with Gasteiger partial charge in [0.15, 0.2) is 0 Å². The second kappa shape index (κ2) is 8.49. The van der Waals surface area contributed by atoms with Crippen LogP contribution in [0.4, 0.5) is 4.79 Å². The zero-order valence-electron chi connectivity index (χ0n) is 13.4. The lowest BCUT2D eigenvalue weighted by atomic mass is 9.82. The van der Waals surface area contributed by atoms with Gasteiger partial charge in [0.25, 0.3) is 0 Å². The Morgan fingerprint density at radius 3 is 2.10 bits per heavy atom. The summed E-state index contributed by atoms with van der Waals surface area (Å²) in [6, 6.07) is -0.672. The molecule has 0 aromatic heterocycles. The zero-order valence-corrected chi connectivity index (χ0v) is 13.4. The largest absolute Gasteiger partial charge is 0.481 e. The minimum absolute atomic E-state index is 0.0263. The number of nitrogens with one attached hydrogen (secondary N) is 1. The van der Waals surface area contributed by atoms with Gasteiger partial charge in [0.1, 0.15) is 6.54 Å². The molecule has 2 amide bonds. The molecule has 0 unspecified atom stereocenters. The first kappa shape index (κ1) is 19.2. The summed E-state index contributed by atoms with van der Waals surface area (Å²) in [4.78, 5) is 36.2. The van der Waals surface area contributed by atoms with E-state index >= 15 is 0 Å². The molecule has 0 aromatic carbocycles. The van der Waals surface area contributed by atoms with Gasteiger partial charge >= 0.3 is 18.0 Å². The predicted molar refractivity (Wildman–Crippen MR) is 77.9 cm³/mol. The number of amides is 2. The number of methoxy groups -OCH3 is 1. The van der Waals surface area contributed by atoms with E-state index in [-0.39, 0.29) is 19.1 Å². The summed E-state index contributed by atoms with van der Waals surface area (Å²) in [6.07, 6.45) is 0.829. The minimum atomic E-state index is -0.983. The molecule has 2 N–H and O–H groups in total. The van der Waals surface area contributed by atoms with Crippen LogP contribution in [-0.4, -0.2) is 54.2 Å². The Kier molecular flexibility index (Phi) is 7.76. The first-order valence-corrected chi connectivity index (χ1v) is 7.08. The molecule has 0 heterocycles. The SMILES string of the molecule is CCC(CC)(CNC(=O)N(CC(=O)OC)C(C)C)C(=O)O. The zero-order chi connectivity index (χ0) is 16.6. The molecule has 0 aliphatic heterocycles. The van der Waals surface area contributed by atoms with Crippen LogP contribution in [0.3, 0.4) is 0 Å². The first-order chi connectivity index (χ1) is 9.73. The van der Waals surface area contributed by atoms with Crippen molar-refractivity contribution in [1.82, 2.24) is 10.2 Å². The number of rotatable bonds is 8. The third-order valence-corrected chi connectivity index (χ3v) is 3.80. The van der Waals surface area contributed by atoms with Gasteiger partial charge in [-0.25, -0.2) is 4.79 Å². The van der Waals surface area contributed by atoms with Gasteiger partial charge in [-0.1, -0.05) is 13.8 Å². The number of esters is 1. The van der Waals surface area contributed by atoms with E-state index in [2.05, 4.69) is 10.1 Å². The van der Waals surface area contributed by atoms with Gasteiger partial charge < -0.3 is 20.1 Å². The quantitative estimate of drug-likeness (QED) is 0.662. The monoisotopic (exact) mass is 302 g/mol. The van der Waals surface area contributed by atoms with E-state index in [0.717, 1.165) is 0 Å². The highest BCUT2D eigenvalue weighted by Crippen LogP contribution is 2.25. The van der Waals surface area contributed by atoms with Gasteiger partial charge in [-0.15, -0.1) is 0 Å². The second-order valence-electron chi connectivity index (χ2n) is 5.25. The number of urea groups is 1. The van der Waals surface area contributed by atoms with Crippen molar-refractivity contribution in [3.8, 4) is 0 Å². The molecule has 0 aliphatic carbocycles. The predicted octanol–water partition coefficient (Wildman–Crippen LogP) is 1.47. The topological polar surface area (TPSA) is 95.9 Å². The average Bonchev–Trinajstić information content (AvgIpc) is 2.44. The molecule has 0 spiro atoms. The van der Waals surface area contributed by atoms with Crippen LogP contribution in [0.5, 0.6) is 0 Å². The highest BCUT2D eigenvalue weighted by molar-refractivity contribution is 5.82. The molecule has 7 nitrogen and oxygen atoms in total. The molecule has 0 bridgehead atoms. The third-order valence-electron chi connectivity index (χ3n) is 3.80. The second-order valence-corrected chi connectivity index (χ2v) is 5.25. The van der Waals surface area contributed by atoms with Crippen LogP contribution in [0, 0.1) is 5.41 Å². The summed E-state index contributed by atoms with van der Waals surface area (Å²) >= 11 is 0. The van der Waals surface area contributed by atoms with E-state index in [4.69, 9.17) is 0 Å². The summed E-state index contributed by atoms with van der Waals surface area (Å²) in [7, 11) is 1.25. The van der Waals surface area contributed by atoms with Crippen molar-refractivity contribution >= 4 is 18.0 Å². The van der Waals surface area contributed by atoms with Crippen LogP contribution in [0.15, 0.2) is 0 Å². The molecular formula is C14H26N2O5. The maximum atomic E-state index is 12.2. The van der Waals surface area contributed by atoms with Gasteiger partial charge in [0.2, 0.25) is 0 Å². The number of carboxylic acids is 1. The van der Waals surface area contributed by atoms with Crippen LogP contribution < -0.4 is 5.32 Å². The number of nitrogens with zero attached hydrogens (tertiary/aromatic N) is 1. The van der Waals surface area contributed by atoms with Gasteiger partial charge in [0.05, 0.1) is 12.5 Å². The van der Waals surface area contributed by atoms with Crippen molar-refractivity contribution in [2.75, 3.05) is 20.2 Å².